The van der Waals surface area contributed by atoms with Gasteiger partial charge in [0, 0.05) is 18.1 Å². The minimum Gasteiger partial charge on any atom is -0.378 e. The van der Waals surface area contributed by atoms with Crippen LogP contribution in [0.4, 0.5) is 24.5 Å². The molecule has 1 amide bonds. The van der Waals surface area contributed by atoms with Gasteiger partial charge in [0.25, 0.3) is 5.91 Å². The Morgan fingerprint density at radius 2 is 1.80 bits per heavy atom. The fraction of sp³-hybridized carbons (Fsp3) is 0.263. The van der Waals surface area contributed by atoms with E-state index in [-0.39, 0.29) is 21.4 Å². The number of carbonyl (C=O) groups is 1. The summed E-state index contributed by atoms with van der Waals surface area (Å²) < 4.78 is 44.9. The summed E-state index contributed by atoms with van der Waals surface area (Å²) in [4.78, 5) is 14.3. The van der Waals surface area contributed by atoms with E-state index in [1.54, 1.807) is 0 Å². The number of benzene rings is 2. The fourth-order valence-electron chi connectivity index (χ4n) is 2.89. The third-order valence-electron chi connectivity index (χ3n) is 4.33. The second-order valence-corrected chi connectivity index (χ2v) is 7.61. The van der Waals surface area contributed by atoms with Crippen LogP contribution in [0.1, 0.15) is 15.9 Å². The Morgan fingerprint density at radius 3 is 2.43 bits per heavy atom. The van der Waals surface area contributed by atoms with Crippen LogP contribution in [0.3, 0.4) is 0 Å². The molecular formula is C19H16Cl2F3N3O2S. The van der Waals surface area contributed by atoms with Crippen molar-refractivity contribution in [1.29, 1.82) is 0 Å². The van der Waals surface area contributed by atoms with Crippen molar-refractivity contribution in [2.45, 2.75) is 6.18 Å². The van der Waals surface area contributed by atoms with Crippen molar-refractivity contribution in [2.24, 2.45) is 0 Å². The van der Waals surface area contributed by atoms with Crippen molar-refractivity contribution in [2.75, 3.05) is 36.5 Å². The van der Waals surface area contributed by atoms with Gasteiger partial charge in [-0.2, -0.15) is 13.2 Å². The van der Waals surface area contributed by atoms with Gasteiger partial charge in [0.2, 0.25) is 0 Å². The van der Waals surface area contributed by atoms with Crippen LogP contribution in [0.25, 0.3) is 0 Å². The number of halogens is 5. The van der Waals surface area contributed by atoms with Crippen LogP contribution in [-0.4, -0.2) is 37.3 Å². The van der Waals surface area contributed by atoms with E-state index in [4.69, 9.17) is 40.2 Å². The van der Waals surface area contributed by atoms with E-state index < -0.39 is 17.6 Å². The Kier molecular flexibility index (Phi) is 7.07. The van der Waals surface area contributed by atoms with E-state index >= 15 is 0 Å². The van der Waals surface area contributed by atoms with Crippen LogP contribution in [0.2, 0.25) is 10.0 Å². The van der Waals surface area contributed by atoms with Crippen molar-refractivity contribution in [3.8, 4) is 0 Å². The van der Waals surface area contributed by atoms with Gasteiger partial charge in [-0.05, 0) is 48.6 Å². The van der Waals surface area contributed by atoms with Crippen LogP contribution in [-0.2, 0) is 10.9 Å². The largest absolute Gasteiger partial charge is 0.416 e. The highest BCUT2D eigenvalue weighted by Crippen LogP contribution is 2.35. The zero-order valence-corrected chi connectivity index (χ0v) is 17.7. The first-order valence-corrected chi connectivity index (χ1v) is 9.93. The average Bonchev–Trinajstić information content (AvgIpc) is 2.67. The van der Waals surface area contributed by atoms with Crippen molar-refractivity contribution < 1.29 is 22.7 Å². The van der Waals surface area contributed by atoms with Gasteiger partial charge in [-0.15, -0.1) is 0 Å². The number of hydrogen-bond donors (Lipinski definition) is 2. The highest BCUT2D eigenvalue weighted by molar-refractivity contribution is 7.80. The normalized spacial score (nSPS) is 14.4. The van der Waals surface area contributed by atoms with E-state index in [0.717, 1.165) is 12.1 Å². The molecule has 0 saturated carbocycles. The summed E-state index contributed by atoms with van der Waals surface area (Å²) >= 11 is 17.0. The van der Waals surface area contributed by atoms with E-state index in [2.05, 4.69) is 10.6 Å². The number of thiocarbonyl (C=S) groups is 1. The fourth-order valence-corrected chi connectivity index (χ4v) is 3.59. The predicted molar refractivity (Wildman–Crippen MR) is 115 cm³/mol. The maximum Gasteiger partial charge on any atom is 0.416 e. The summed E-state index contributed by atoms with van der Waals surface area (Å²) in [6, 6.07) is 7.65. The monoisotopic (exact) mass is 477 g/mol. The molecule has 0 bridgehead atoms. The molecule has 0 atom stereocenters. The second kappa shape index (κ2) is 9.38. The number of carbonyl (C=O) groups excluding carboxylic acids is 1. The molecule has 2 aromatic rings. The number of nitrogens with zero attached hydrogens (tertiary/aromatic N) is 1. The Bertz CT molecular complexity index is 967. The van der Waals surface area contributed by atoms with Gasteiger partial charge in [-0.1, -0.05) is 23.2 Å². The lowest BCUT2D eigenvalue weighted by Crippen LogP contribution is -2.38. The zero-order chi connectivity index (χ0) is 21.9. The number of hydrogen-bond acceptors (Lipinski definition) is 4. The first-order valence-electron chi connectivity index (χ1n) is 8.76. The highest BCUT2D eigenvalue weighted by Gasteiger charge is 2.32. The third kappa shape index (κ3) is 5.54. The number of nitrogens with one attached hydrogen (secondary N) is 2. The van der Waals surface area contributed by atoms with Crippen molar-refractivity contribution in [3.63, 3.8) is 0 Å². The van der Waals surface area contributed by atoms with E-state index in [9.17, 15) is 18.0 Å². The minimum atomic E-state index is -4.53. The molecule has 1 saturated heterocycles. The molecule has 1 fully saturated rings. The lowest BCUT2D eigenvalue weighted by Gasteiger charge is -2.31. The van der Waals surface area contributed by atoms with Gasteiger partial charge in [-0.25, -0.2) is 0 Å². The number of rotatable bonds is 3. The lowest BCUT2D eigenvalue weighted by molar-refractivity contribution is -0.137. The van der Waals surface area contributed by atoms with Crippen molar-refractivity contribution in [1.82, 2.24) is 5.32 Å². The van der Waals surface area contributed by atoms with Crippen LogP contribution in [0.5, 0.6) is 0 Å². The first kappa shape index (κ1) is 22.6. The van der Waals surface area contributed by atoms with Gasteiger partial charge < -0.3 is 15.0 Å². The van der Waals surface area contributed by atoms with Crippen LogP contribution < -0.4 is 15.5 Å². The Balaban J connectivity index is 1.82. The summed E-state index contributed by atoms with van der Waals surface area (Å²) in [5, 5.41) is 5.43. The summed E-state index contributed by atoms with van der Waals surface area (Å²) in [5.41, 5.74) is -0.0637. The smallest absolute Gasteiger partial charge is 0.378 e. The maximum atomic E-state index is 13.2. The average molecular weight is 478 g/mol. The minimum absolute atomic E-state index is 0.121. The Labute approximate surface area is 186 Å². The van der Waals surface area contributed by atoms with E-state index in [1.807, 2.05) is 4.90 Å². The molecule has 0 aromatic heterocycles. The molecule has 11 heteroatoms. The summed E-state index contributed by atoms with van der Waals surface area (Å²) in [7, 11) is 0. The molecule has 3 rings (SSSR count). The van der Waals surface area contributed by atoms with Crippen molar-refractivity contribution >= 4 is 57.8 Å². The Hall–Kier alpha value is -2.07. The Morgan fingerprint density at radius 1 is 1.10 bits per heavy atom. The quantitative estimate of drug-likeness (QED) is 0.610. The van der Waals surface area contributed by atoms with E-state index in [0.29, 0.717) is 37.0 Å². The molecule has 0 radical (unpaired) electrons. The predicted octanol–water partition coefficient (Wildman–Crippen LogP) is 4.98. The van der Waals surface area contributed by atoms with Gasteiger partial charge in [-0.3, -0.25) is 10.1 Å². The molecular weight excluding hydrogens is 462 g/mol. The molecule has 30 heavy (non-hydrogen) atoms. The number of anilines is 2. The number of morpholine rings is 1. The molecule has 2 N–H and O–H groups in total. The number of ether oxygens (including phenoxy) is 1. The van der Waals surface area contributed by atoms with Gasteiger partial charge in [0.15, 0.2) is 5.11 Å². The molecule has 0 unspecified atom stereocenters. The van der Waals surface area contributed by atoms with Gasteiger partial charge in [0.1, 0.15) is 0 Å². The molecule has 1 aliphatic rings. The molecule has 0 aliphatic carbocycles. The number of alkyl halides is 3. The van der Waals surface area contributed by atoms with Crippen LogP contribution >= 0.6 is 35.4 Å². The molecule has 1 aliphatic heterocycles. The summed E-state index contributed by atoms with van der Waals surface area (Å²) in [6.45, 7) is 1.94. The molecule has 160 valence electrons. The highest BCUT2D eigenvalue weighted by atomic mass is 35.5. The summed E-state index contributed by atoms with van der Waals surface area (Å²) in [6.07, 6.45) is -4.53. The van der Waals surface area contributed by atoms with Crippen LogP contribution in [0, 0.1) is 0 Å². The van der Waals surface area contributed by atoms with E-state index in [1.165, 1.54) is 24.3 Å². The zero-order valence-electron chi connectivity index (χ0n) is 15.4. The lowest BCUT2D eigenvalue weighted by atomic mass is 10.1. The molecule has 2 aromatic carbocycles. The summed E-state index contributed by atoms with van der Waals surface area (Å²) in [5.74, 6) is -0.617. The van der Waals surface area contributed by atoms with Gasteiger partial charge in [0.05, 0.1) is 40.7 Å². The SMILES string of the molecule is O=C(NC(=S)Nc1cc(C(F)(F)F)ccc1N1CCOCC1)c1ccc(Cl)cc1Cl. The van der Waals surface area contributed by atoms with Crippen LogP contribution in [0.15, 0.2) is 36.4 Å². The first-order chi connectivity index (χ1) is 14.1. The number of amides is 1. The standard InChI is InChI=1S/C19H16Cl2F3N3O2S/c20-12-2-3-13(14(21)10-12)17(28)26-18(30)25-15-9-11(19(22,23)24)1-4-16(15)27-5-7-29-8-6-27/h1-4,9-10H,5-8H2,(H2,25,26,28,30). The third-order valence-corrected chi connectivity index (χ3v) is 5.08. The van der Waals surface area contributed by atoms with Crippen molar-refractivity contribution in [3.05, 3.63) is 57.6 Å². The molecule has 1 heterocycles. The molecule has 5 nitrogen and oxygen atoms in total. The maximum absolute atomic E-state index is 13.2. The van der Waals surface area contributed by atoms with Gasteiger partial charge >= 0.3 is 6.18 Å². The molecule has 0 spiro atoms. The second-order valence-electron chi connectivity index (χ2n) is 6.36. The topological polar surface area (TPSA) is 53.6 Å².